The van der Waals surface area contributed by atoms with Gasteiger partial charge in [0, 0.05) is 0 Å². The molecular formula is C23H24. The third-order valence-electron chi connectivity index (χ3n) is 4.33. The molecule has 0 spiro atoms. The molecule has 116 valence electrons. The quantitative estimate of drug-likeness (QED) is 0.516. The van der Waals surface area contributed by atoms with Crippen molar-refractivity contribution in [1.29, 1.82) is 0 Å². The predicted octanol–water partition coefficient (Wildman–Crippen LogP) is 6.09. The first-order valence-corrected chi connectivity index (χ1v) is 8.57. The van der Waals surface area contributed by atoms with Gasteiger partial charge in [0.05, 0.1) is 0 Å². The molecule has 0 aliphatic carbocycles. The number of aryl methyl sites for hydroxylation is 3. The van der Waals surface area contributed by atoms with E-state index in [9.17, 15) is 0 Å². The van der Waals surface area contributed by atoms with Crippen molar-refractivity contribution in [2.45, 2.75) is 32.6 Å². The van der Waals surface area contributed by atoms with Gasteiger partial charge in [0.15, 0.2) is 0 Å². The van der Waals surface area contributed by atoms with Crippen molar-refractivity contribution in [3.05, 3.63) is 95.6 Å². The van der Waals surface area contributed by atoms with E-state index in [-0.39, 0.29) is 0 Å². The van der Waals surface area contributed by atoms with Gasteiger partial charge in [0.2, 0.25) is 0 Å². The van der Waals surface area contributed by atoms with Gasteiger partial charge in [-0.25, -0.2) is 0 Å². The lowest BCUT2D eigenvalue weighted by Crippen LogP contribution is -1.92. The predicted molar refractivity (Wildman–Crippen MR) is 99.7 cm³/mol. The Hall–Kier alpha value is -2.34. The number of hydrogen-bond acceptors (Lipinski definition) is 0. The summed E-state index contributed by atoms with van der Waals surface area (Å²) in [4.78, 5) is 0. The molecule has 3 aromatic rings. The highest BCUT2D eigenvalue weighted by Crippen LogP contribution is 2.20. The van der Waals surface area contributed by atoms with Crippen LogP contribution in [0.15, 0.2) is 78.9 Å². The average molecular weight is 300 g/mol. The van der Waals surface area contributed by atoms with Crippen molar-refractivity contribution in [2.24, 2.45) is 0 Å². The topological polar surface area (TPSA) is 0 Å². The number of hydrogen-bond donors (Lipinski definition) is 0. The standard InChI is InChI=1S/C23H24/c1-2-6-19-9-11-20(12-10-19)13-14-21-15-17-23(18-16-21)22-7-4-3-5-8-22/h3-5,7-12,15-18H,2,6,13-14H2,1H3. The van der Waals surface area contributed by atoms with Crippen LogP contribution in [0.4, 0.5) is 0 Å². The smallest absolute Gasteiger partial charge is 0.0184 e. The molecule has 0 fully saturated rings. The van der Waals surface area contributed by atoms with Crippen LogP contribution in [0.1, 0.15) is 30.0 Å². The SMILES string of the molecule is CCCc1ccc(CCc2ccc(-c3ccccc3)cc2)cc1. The molecule has 0 unspecified atom stereocenters. The Morgan fingerprint density at radius 1 is 0.478 bits per heavy atom. The van der Waals surface area contributed by atoms with E-state index in [1.165, 1.54) is 40.7 Å². The summed E-state index contributed by atoms with van der Waals surface area (Å²) in [6.45, 7) is 2.23. The van der Waals surface area contributed by atoms with Crippen molar-refractivity contribution in [3.8, 4) is 11.1 Å². The van der Waals surface area contributed by atoms with Gasteiger partial charge in [-0.15, -0.1) is 0 Å². The van der Waals surface area contributed by atoms with Gasteiger partial charge < -0.3 is 0 Å². The first-order valence-electron chi connectivity index (χ1n) is 8.57. The minimum absolute atomic E-state index is 1.10. The molecule has 0 heterocycles. The fourth-order valence-corrected chi connectivity index (χ4v) is 2.94. The van der Waals surface area contributed by atoms with Crippen molar-refractivity contribution in [1.82, 2.24) is 0 Å². The van der Waals surface area contributed by atoms with E-state index in [0.717, 1.165) is 12.8 Å². The van der Waals surface area contributed by atoms with E-state index in [1.807, 2.05) is 0 Å². The normalized spacial score (nSPS) is 10.7. The van der Waals surface area contributed by atoms with Crippen molar-refractivity contribution < 1.29 is 0 Å². The second-order valence-electron chi connectivity index (χ2n) is 6.13. The number of rotatable bonds is 6. The van der Waals surface area contributed by atoms with Crippen LogP contribution in [0.3, 0.4) is 0 Å². The van der Waals surface area contributed by atoms with Crippen LogP contribution in [0.5, 0.6) is 0 Å². The Morgan fingerprint density at radius 3 is 1.43 bits per heavy atom. The third-order valence-corrected chi connectivity index (χ3v) is 4.33. The molecule has 0 nitrogen and oxygen atoms in total. The van der Waals surface area contributed by atoms with E-state index in [0.29, 0.717) is 0 Å². The number of benzene rings is 3. The van der Waals surface area contributed by atoms with E-state index in [1.54, 1.807) is 0 Å². The first kappa shape index (κ1) is 15.6. The van der Waals surface area contributed by atoms with Crippen LogP contribution in [0.2, 0.25) is 0 Å². The van der Waals surface area contributed by atoms with Crippen molar-refractivity contribution >= 4 is 0 Å². The molecule has 0 aromatic heterocycles. The second-order valence-corrected chi connectivity index (χ2v) is 6.13. The highest BCUT2D eigenvalue weighted by Gasteiger charge is 1.99. The monoisotopic (exact) mass is 300 g/mol. The zero-order valence-electron chi connectivity index (χ0n) is 13.8. The van der Waals surface area contributed by atoms with Crippen LogP contribution < -0.4 is 0 Å². The highest BCUT2D eigenvalue weighted by atomic mass is 14.0. The van der Waals surface area contributed by atoms with Gasteiger partial charge >= 0.3 is 0 Å². The molecule has 3 rings (SSSR count). The van der Waals surface area contributed by atoms with E-state index < -0.39 is 0 Å². The molecule has 0 N–H and O–H groups in total. The van der Waals surface area contributed by atoms with E-state index in [4.69, 9.17) is 0 Å². The van der Waals surface area contributed by atoms with Crippen LogP contribution in [0, 0.1) is 0 Å². The lowest BCUT2D eigenvalue weighted by atomic mass is 9.99. The maximum Gasteiger partial charge on any atom is -0.0184 e. The summed E-state index contributed by atoms with van der Waals surface area (Å²) in [6.07, 6.45) is 4.60. The maximum absolute atomic E-state index is 2.28. The lowest BCUT2D eigenvalue weighted by Gasteiger charge is -2.06. The van der Waals surface area contributed by atoms with Crippen LogP contribution in [-0.2, 0) is 19.3 Å². The fraction of sp³-hybridized carbons (Fsp3) is 0.217. The van der Waals surface area contributed by atoms with Gasteiger partial charge in [0.25, 0.3) is 0 Å². The molecule has 0 saturated heterocycles. The Morgan fingerprint density at radius 2 is 0.913 bits per heavy atom. The lowest BCUT2D eigenvalue weighted by molar-refractivity contribution is 0.914. The fourth-order valence-electron chi connectivity index (χ4n) is 2.94. The minimum Gasteiger partial charge on any atom is -0.0651 e. The van der Waals surface area contributed by atoms with Crippen molar-refractivity contribution in [2.75, 3.05) is 0 Å². The van der Waals surface area contributed by atoms with Crippen LogP contribution in [-0.4, -0.2) is 0 Å². The van der Waals surface area contributed by atoms with Crippen LogP contribution in [0.25, 0.3) is 11.1 Å². The molecule has 0 aliphatic rings. The summed E-state index contributed by atoms with van der Waals surface area (Å²) >= 11 is 0. The van der Waals surface area contributed by atoms with Gasteiger partial charge in [-0.1, -0.05) is 92.2 Å². The average Bonchev–Trinajstić information content (AvgIpc) is 2.63. The van der Waals surface area contributed by atoms with E-state index in [2.05, 4.69) is 85.8 Å². The summed E-state index contributed by atoms with van der Waals surface area (Å²) in [6, 6.07) is 28.6. The van der Waals surface area contributed by atoms with Gasteiger partial charge in [-0.3, -0.25) is 0 Å². The Kier molecular flexibility index (Phi) is 5.26. The van der Waals surface area contributed by atoms with Crippen LogP contribution >= 0.6 is 0 Å². The maximum atomic E-state index is 2.28. The molecule has 0 heteroatoms. The Balaban J connectivity index is 1.60. The summed E-state index contributed by atoms with van der Waals surface area (Å²) in [5.41, 5.74) is 6.85. The molecule has 0 bridgehead atoms. The highest BCUT2D eigenvalue weighted by molar-refractivity contribution is 5.63. The molecule has 23 heavy (non-hydrogen) atoms. The molecule has 3 aromatic carbocycles. The van der Waals surface area contributed by atoms with Gasteiger partial charge in [-0.05, 0) is 47.1 Å². The molecule has 0 radical (unpaired) electrons. The summed E-state index contributed by atoms with van der Waals surface area (Å²) in [5.74, 6) is 0. The van der Waals surface area contributed by atoms with Crippen molar-refractivity contribution in [3.63, 3.8) is 0 Å². The molecule has 0 saturated carbocycles. The van der Waals surface area contributed by atoms with E-state index >= 15 is 0 Å². The summed E-state index contributed by atoms with van der Waals surface area (Å²) in [5, 5.41) is 0. The molecule has 0 amide bonds. The summed E-state index contributed by atoms with van der Waals surface area (Å²) < 4.78 is 0. The zero-order chi connectivity index (χ0) is 15.9. The second kappa shape index (κ2) is 7.78. The van der Waals surface area contributed by atoms with Gasteiger partial charge in [-0.2, -0.15) is 0 Å². The largest absolute Gasteiger partial charge is 0.0651 e. The third kappa shape index (κ3) is 4.32. The Labute approximate surface area is 139 Å². The molecule has 0 atom stereocenters. The summed E-state index contributed by atoms with van der Waals surface area (Å²) in [7, 11) is 0. The molecular weight excluding hydrogens is 276 g/mol. The Bertz CT molecular complexity index is 706. The molecule has 0 aliphatic heterocycles. The van der Waals surface area contributed by atoms with Gasteiger partial charge in [0.1, 0.15) is 0 Å². The zero-order valence-corrected chi connectivity index (χ0v) is 13.8. The minimum atomic E-state index is 1.10. The first-order chi connectivity index (χ1) is 11.3.